The third kappa shape index (κ3) is 7.64. The van der Waals surface area contributed by atoms with Crippen LogP contribution in [0.4, 0.5) is 0 Å². The number of guanidine groups is 1. The Morgan fingerprint density at radius 2 is 1.68 bits per heavy atom. The lowest BCUT2D eigenvalue weighted by atomic mass is 10.2. The van der Waals surface area contributed by atoms with Crippen LogP contribution in [0.2, 0.25) is 0 Å². The Balaban J connectivity index is 0.00000312. The summed E-state index contributed by atoms with van der Waals surface area (Å²) >= 11 is 0. The molecule has 5 nitrogen and oxygen atoms in total. The van der Waals surface area contributed by atoms with Crippen molar-refractivity contribution in [3.05, 3.63) is 60.2 Å². The summed E-state index contributed by atoms with van der Waals surface area (Å²) in [5.41, 5.74) is 1.10. The monoisotopic (exact) mass is 455 g/mol. The minimum absolute atomic E-state index is 0. The molecule has 0 aliphatic rings. The molecule has 0 atom stereocenters. The summed E-state index contributed by atoms with van der Waals surface area (Å²) < 4.78 is 11.3. The molecular formula is C19H26IN3O2. The van der Waals surface area contributed by atoms with Gasteiger partial charge in [-0.1, -0.05) is 36.4 Å². The maximum atomic E-state index is 5.65. The molecule has 2 aromatic carbocycles. The van der Waals surface area contributed by atoms with Crippen molar-refractivity contribution >= 4 is 29.9 Å². The molecule has 0 amide bonds. The maximum absolute atomic E-state index is 5.65. The van der Waals surface area contributed by atoms with E-state index in [0.29, 0.717) is 26.3 Å². The molecule has 2 rings (SSSR count). The fourth-order valence-corrected chi connectivity index (χ4v) is 2.20. The zero-order valence-corrected chi connectivity index (χ0v) is 17.0. The summed E-state index contributed by atoms with van der Waals surface area (Å²) in [6, 6.07) is 17.8. The van der Waals surface area contributed by atoms with E-state index >= 15 is 0 Å². The van der Waals surface area contributed by atoms with Crippen LogP contribution < -0.4 is 20.1 Å². The molecule has 0 spiro atoms. The lowest BCUT2D eigenvalue weighted by Gasteiger charge is -2.14. The van der Waals surface area contributed by atoms with Gasteiger partial charge in [0.2, 0.25) is 0 Å². The second kappa shape index (κ2) is 12.4. The van der Waals surface area contributed by atoms with E-state index in [0.717, 1.165) is 23.0 Å². The molecule has 0 aliphatic heterocycles. The Bertz CT molecular complexity index is 636. The van der Waals surface area contributed by atoms with Crippen LogP contribution >= 0.6 is 24.0 Å². The third-order valence-corrected chi connectivity index (χ3v) is 3.35. The number of benzene rings is 2. The van der Waals surface area contributed by atoms with Gasteiger partial charge in [-0.05, 0) is 25.1 Å². The normalized spacial score (nSPS) is 10.6. The van der Waals surface area contributed by atoms with Gasteiger partial charge in [-0.2, -0.15) is 0 Å². The minimum Gasteiger partial charge on any atom is -0.494 e. The van der Waals surface area contributed by atoms with Crippen molar-refractivity contribution in [2.24, 2.45) is 4.99 Å². The summed E-state index contributed by atoms with van der Waals surface area (Å²) in [4.78, 5) is 4.22. The molecule has 6 heteroatoms. The third-order valence-electron chi connectivity index (χ3n) is 3.35. The van der Waals surface area contributed by atoms with Gasteiger partial charge in [-0.15, -0.1) is 24.0 Å². The molecule has 0 radical (unpaired) electrons. The highest BCUT2D eigenvalue weighted by atomic mass is 127. The van der Waals surface area contributed by atoms with Crippen LogP contribution in [0.25, 0.3) is 0 Å². The van der Waals surface area contributed by atoms with Gasteiger partial charge in [0, 0.05) is 19.2 Å². The summed E-state index contributed by atoms with van der Waals surface area (Å²) in [6.45, 7) is 4.52. The summed E-state index contributed by atoms with van der Waals surface area (Å²) in [6.07, 6.45) is 0. The van der Waals surface area contributed by atoms with Gasteiger partial charge in [0.05, 0.1) is 13.2 Å². The molecule has 136 valence electrons. The molecule has 0 saturated heterocycles. The second-order valence-corrected chi connectivity index (χ2v) is 5.05. The molecule has 0 bridgehead atoms. The first kappa shape index (κ1) is 21.1. The number of rotatable bonds is 8. The van der Waals surface area contributed by atoms with Crippen LogP contribution in [-0.4, -0.2) is 32.8 Å². The van der Waals surface area contributed by atoms with E-state index in [1.54, 1.807) is 7.05 Å². The smallest absolute Gasteiger partial charge is 0.191 e. The van der Waals surface area contributed by atoms with Gasteiger partial charge >= 0.3 is 0 Å². The van der Waals surface area contributed by atoms with Gasteiger partial charge in [0.1, 0.15) is 18.1 Å². The van der Waals surface area contributed by atoms with Crippen LogP contribution in [-0.2, 0) is 6.54 Å². The highest BCUT2D eigenvalue weighted by Gasteiger charge is 2.04. The van der Waals surface area contributed by atoms with Gasteiger partial charge < -0.3 is 20.1 Å². The Hall–Kier alpha value is -1.96. The van der Waals surface area contributed by atoms with E-state index in [4.69, 9.17) is 9.47 Å². The standard InChI is InChI=1S/C19H25N3O2.HI/c1-3-23-18-12-8-7-9-16(18)15-22-19(20-2)21-13-14-24-17-10-5-4-6-11-17;/h4-12H,3,13-15H2,1-2H3,(H2,20,21,22);1H. The molecule has 0 heterocycles. The molecule has 0 saturated carbocycles. The number of hydrogen-bond donors (Lipinski definition) is 2. The predicted molar refractivity (Wildman–Crippen MR) is 113 cm³/mol. The molecule has 0 fully saturated rings. The van der Waals surface area contributed by atoms with E-state index in [9.17, 15) is 0 Å². The molecule has 25 heavy (non-hydrogen) atoms. The fourth-order valence-electron chi connectivity index (χ4n) is 2.20. The second-order valence-electron chi connectivity index (χ2n) is 5.05. The lowest BCUT2D eigenvalue weighted by Crippen LogP contribution is -2.38. The zero-order chi connectivity index (χ0) is 17.0. The van der Waals surface area contributed by atoms with E-state index < -0.39 is 0 Å². The first-order valence-electron chi connectivity index (χ1n) is 8.16. The quantitative estimate of drug-likeness (QED) is 0.277. The Morgan fingerprint density at radius 1 is 0.960 bits per heavy atom. The number of nitrogens with one attached hydrogen (secondary N) is 2. The zero-order valence-electron chi connectivity index (χ0n) is 14.7. The number of para-hydroxylation sites is 2. The number of hydrogen-bond acceptors (Lipinski definition) is 3. The number of nitrogens with zero attached hydrogens (tertiary/aromatic N) is 1. The van der Waals surface area contributed by atoms with Crippen molar-refractivity contribution in [2.45, 2.75) is 13.5 Å². The summed E-state index contributed by atoms with van der Waals surface area (Å²) in [7, 11) is 1.75. The molecule has 2 aromatic rings. The van der Waals surface area contributed by atoms with E-state index in [-0.39, 0.29) is 24.0 Å². The molecule has 0 aliphatic carbocycles. The van der Waals surface area contributed by atoms with Crippen LogP contribution in [0.15, 0.2) is 59.6 Å². The van der Waals surface area contributed by atoms with Gasteiger partial charge in [0.25, 0.3) is 0 Å². The topological polar surface area (TPSA) is 54.9 Å². The van der Waals surface area contributed by atoms with E-state index in [1.165, 1.54) is 0 Å². The number of halogens is 1. The Morgan fingerprint density at radius 3 is 2.40 bits per heavy atom. The van der Waals surface area contributed by atoms with Gasteiger partial charge in [0.15, 0.2) is 5.96 Å². The van der Waals surface area contributed by atoms with E-state index in [2.05, 4.69) is 15.6 Å². The highest BCUT2D eigenvalue weighted by molar-refractivity contribution is 14.0. The molecular weight excluding hydrogens is 429 g/mol. The Kier molecular flexibility index (Phi) is 10.5. The first-order chi connectivity index (χ1) is 11.8. The fraction of sp³-hybridized carbons (Fsp3) is 0.316. The lowest BCUT2D eigenvalue weighted by molar-refractivity contribution is 0.322. The van der Waals surface area contributed by atoms with Gasteiger partial charge in [-0.25, -0.2) is 0 Å². The van der Waals surface area contributed by atoms with E-state index in [1.807, 2.05) is 61.5 Å². The summed E-state index contributed by atoms with van der Waals surface area (Å²) in [5, 5.41) is 6.52. The van der Waals surface area contributed by atoms with Gasteiger partial charge in [-0.3, -0.25) is 4.99 Å². The number of aliphatic imine (C=N–C) groups is 1. The first-order valence-corrected chi connectivity index (χ1v) is 8.16. The van der Waals surface area contributed by atoms with Crippen molar-refractivity contribution in [1.82, 2.24) is 10.6 Å². The van der Waals surface area contributed by atoms with Crippen molar-refractivity contribution in [3.8, 4) is 11.5 Å². The maximum Gasteiger partial charge on any atom is 0.191 e. The number of ether oxygens (including phenoxy) is 2. The summed E-state index contributed by atoms with van der Waals surface area (Å²) in [5.74, 6) is 2.50. The molecule has 0 aromatic heterocycles. The average Bonchev–Trinajstić information content (AvgIpc) is 2.63. The SMILES string of the molecule is CCOc1ccccc1CNC(=NC)NCCOc1ccccc1.I. The molecule has 0 unspecified atom stereocenters. The largest absolute Gasteiger partial charge is 0.494 e. The van der Waals surface area contributed by atoms with Crippen molar-refractivity contribution in [3.63, 3.8) is 0 Å². The predicted octanol–water partition coefficient (Wildman–Crippen LogP) is 3.45. The van der Waals surface area contributed by atoms with Crippen LogP contribution in [0.3, 0.4) is 0 Å². The van der Waals surface area contributed by atoms with Crippen molar-refractivity contribution < 1.29 is 9.47 Å². The van der Waals surface area contributed by atoms with Crippen molar-refractivity contribution in [2.75, 3.05) is 26.8 Å². The average molecular weight is 455 g/mol. The van der Waals surface area contributed by atoms with Crippen molar-refractivity contribution in [1.29, 1.82) is 0 Å². The highest BCUT2D eigenvalue weighted by Crippen LogP contribution is 2.17. The Labute approximate surface area is 166 Å². The minimum atomic E-state index is 0. The van der Waals surface area contributed by atoms with Crippen LogP contribution in [0.1, 0.15) is 12.5 Å². The van der Waals surface area contributed by atoms with Crippen LogP contribution in [0, 0.1) is 0 Å². The van der Waals surface area contributed by atoms with Crippen LogP contribution in [0.5, 0.6) is 11.5 Å². The molecule has 2 N–H and O–H groups in total.